The molecule has 0 aromatic carbocycles. The van der Waals surface area contributed by atoms with Gasteiger partial charge in [0, 0.05) is 18.0 Å². The van der Waals surface area contributed by atoms with E-state index in [1.54, 1.807) is 10.4 Å². The van der Waals surface area contributed by atoms with Crippen molar-refractivity contribution >= 4 is 21.4 Å². The molecule has 1 fully saturated rings. The second kappa shape index (κ2) is 7.02. The van der Waals surface area contributed by atoms with Crippen molar-refractivity contribution in [3.8, 4) is 0 Å². The zero-order chi connectivity index (χ0) is 14.6. The monoisotopic (exact) mass is 316 g/mol. The van der Waals surface area contributed by atoms with E-state index in [2.05, 4.69) is 12.2 Å². The van der Waals surface area contributed by atoms with E-state index in [1.807, 2.05) is 13.1 Å². The minimum absolute atomic E-state index is 0.498. The molecule has 20 heavy (non-hydrogen) atoms. The number of nitrogens with one attached hydrogen (secondary N) is 1. The van der Waals surface area contributed by atoms with Crippen molar-refractivity contribution in [2.75, 3.05) is 26.7 Å². The Morgan fingerprint density at radius 1 is 1.35 bits per heavy atom. The molecule has 2 rings (SSSR count). The molecule has 0 radical (unpaired) electrons. The summed E-state index contributed by atoms with van der Waals surface area (Å²) in [6.45, 7) is 4.40. The number of rotatable bonds is 5. The zero-order valence-corrected chi connectivity index (χ0v) is 13.9. The third-order valence-corrected chi connectivity index (χ3v) is 7.34. The van der Waals surface area contributed by atoms with Gasteiger partial charge >= 0.3 is 0 Å². The molecule has 0 spiro atoms. The van der Waals surface area contributed by atoms with Crippen molar-refractivity contribution in [2.24, 2.45) is 5.92 Å². The molecule has 0 aliphatic carbocycles. The summed E-state index contributed by atoms with van der Waals surface area (Å²) in [6.07, 6.45) is 3.95. The number of thiophene rings is 1. The average molecular weight is 316 g/mol. The third kappa shape index (κ3) is 3.81. The lowest BCUT2D eigenvalue weighted by atomic mass is 10.0. The van der Waals surface area contributed by atoms with Gasteiger partial charge in [-0.3, -0.25) is 0 Å². The first-order valence-electron chi connectivity index (χ1n) is 7.27. The first kappa shape index (κ1) is 15.9. The van der Waals surface area contributed by atoms with Crippen molar-refractivity contribution in [1.82, 2.24) is 9.62 Å². The fourth-order valence-corrected chi connectivity index (χ4v) is 5.49. The maximum absolute atomic E-state index is 12.7. The van der Waals surface area contributed by atoms with Crippen molar-refractivity contribution in [2.45, 2.75) is 36.8 Å². The average Bonchev–Trinajstić information content (AvgIpc) is 2.79. The Balaban J connectivity index is 2.10. The third-order valence-electron chi connectivity index (χ3n) is 3.83. The smallest absolute Gasteiger partial charge is 0.252 e. The van der Waals surface area contributed by atoms with E-state index < -0.39 is 10.0 Å². The van der Waals surface area contributed by atoms with Gasteiger partial charge in [0.2, 0.25) is 0 Å². The summed E-state index contributed by atoms with van der Waals surface area (Å²) in [4.78, 5) is 1.13. The van der Waals surface area contributed by atoms with Gasteiger partial charge in [-0.15, -0.1) is 11.3 Å². The molecule has 114 valence electrons. The summed E-state index contributed by atoms with van der Waals surface area (Å²) in [5, 5.41) is 3.09. The number of likely N-dealkylation sites (N-methyl/N-ethyl adjacent to an activating group) is 1. The molecule has 1 atom stereocenters. The van der Waals surface area contributed by atoms with Crippen LogP contribution in [0.25, 0.3) is 0 Å². The van der Waals surface area contributed by atoms with Gasteiger partial charge in [-0.25, -0.2) is 8.42 Å². The number of hydrogen-bond donors (Lipinski definition) is 1. The van der Waals surface area contributed by atoms with Gasteiger partial charge in [0.15, 0.2) is 0 Å². The Labute approximate surface area is 126 Å². The predicted octanol–water partition coefficient (Wildman–Crippen LogP) is 2.32. The van der Waals surface area contributed by atoms with Crippen LogP contribution in [-0.2, 0) is 16.4 Å². The topological polar surface area (TPSA) is 49.4 Å². The molecule has 0 saturated carbocycles. The molecule has 1 aromatic rings. The molecule has 1 saturated heterocycles. The molecule has 1 aliphatic heterocycles. The molecule has 2 heterocycles. The second-order valence-corrected chi connectivity index (χ2v) is 8.85. The van der Waals surface area contributed by atoms with Crippen molar-refractivity contribution in [3.63, 3.8) is 0 Å². The summed E-state index contributed by atoms with van der Waals surface area (Å²) in [7, 11) is -1.38. The second-order valence-electron chi connectivity index (χ2n) is 5.51. The molecule has 0 amide bonds. The van der Waals surface area contributed by atoms with E-state index in [0.29, 0.717) is 23.2 Å². The number of sulfonamides is 1. The van der Waals surface area contributed by atoms with E-state index in [0.717, 1.165) is 37.1 Å². The molecular formula is C14H24N2O2S2. The Hall–Kier alpha value is -0.430. The Morgan fingerprint density at radius 2 is 2.15 bits per heavy atom. The summed E-state index contributed by atoms with van der Waals surface area (Å²) in [5.74, 6) is 0.629. The van der Waals surface area contributed by atoms with Crippen LogP contribution in [-0.4, -0.2) is 39.4 Å². The lowest BCUT2D eigenvalue weighted by Crippen LogP contribution is -2.31. The van der Waals surface area contributed by atoms with Crippen LogP contribution in [0.1, 0.15) is 31.1 Å². The van der Waals surface area contributed by atoms with Gasteiger partial charge < -0.3 is 5.32 Å². The highest BCUT2D eigenvalue weighted by molar-refractivity contribution is 7.91. The van der Waals surface area contributed by atoms with Crippen LogP contribution in [0.15, 0.2) is 16.3 Å². The van der Waals surface area contributed by atoms with E-state index in [4.69, 9.17) is 0 Å². The van der Waals surface area contributed by atoms with Gasteiger partial charge in [-0.2, -0.15) is 4.31 Å². The first-order valence-corrected chi connectivity index (χ1v) is 9.53. The van der Waals surface area contributed by atoms with Crippen LogP contribution in [0, 0.1) is 5.92 Å². The van der Waals surface area contributed by atoms with Crippen LogP contribution in [0.5, 0.6) is 0 Å². The minimum Gasteiger partial charge on any atom is -0.319 e. The molecule has 0 bridgehead atoms. The fourth-order valence-electron chi connectivity index (χ4n) is 2.48. The van der Waals surface area contributed by atoms with Crippen LogP contribution in [0.4, 0.5) is 0 Å². The summed E-state index contributed by atoms with van der Waals surface area (Å²) in [5.41, 5.74) is 0. The SMILES string of the molecule is CNCCc1ccc(S(=O)(=O)N2CCCC(C)CC2)s1. The lowest BCUT2D eigenvalue weighted by Gasteiger charge is -2.18. The van der Waals surface area contributed by atoms with Gasteiger partial charge in [0.1, 0.15) is 4.21 Å². The molecule has 4 nitrogen and oxygen atoms in total. The van der Waals surface area contributed by atoms with E-state index in [-0.39, 0.29) is 0 Å². The van der Waals surface area contributed by atoms with Gasteiger partial charge in [0.25, 0.3) is 10.0 Å². The standard InChI is InChI=1S/C14H24N2O2S2/c1-12-4-3-10-16(11-8-12)20(17,18)14-6-5-13(19-14)7-9-15-2/h5-6,12,15H,3-4,7-11H2,1-2H3. The first-order chi connectivity index (χ1) is 9.54. The predicted molar refractivity (Wildman–Crippen MR) is 83.7 cm³/mol. The summed E-state index contributed by atoms with van der Waals surface area (Å²) >= 11 is 1.41. The largest absolute Gasteiger partial charge is 0.319 e. The van der Waals surface area contributed by atoms with E-state index >= 15 is 0 Å². The molecule has 1 N–H and O–H groups in total. The van der Waals surface area contributed by atoms with Gasteiger partial charge in [-0.1, -0.05) is 6.92 Å². The fraction of sp³-hybridized carbons (Fsp3) is 0.714. The van der Waals surface area contributed by atoms with Crippen molar-refractivity contribution in [3.05, 3.63) is 17.0 Å². The minimum atomic E-state index is -3.28. The highest BCUT2D eigenvalue weighted by Gasteiger charge is 2.27. The number of nitrogens with zero attached hydrogens (tertiary/aromatic N) is 1. The molecule has 1 aromatic heterocycles. The van der Waals surface area contributed by atoms with Crippen LogP contribution in [0.2, 0.25) is 0 Å². The van der Waals surface area contributed by atoms with Crippen LogP contribution in [0.3, 0.4) is 0 Å². The maximum atomic E-state index is 12.7. The zero-order valence-electron chi connectivity index (χ0n) is 12.3. The normalized spacial score (nSPS) is 21.8. The Morgan fingerprint density at radius 3 is 2.90 bits per heavy atom. The van der Waals surface area contributed by atoms with Gasteiger partial charge in [0.05, 0.1) is 0 Å². The summed E-state index contributed by atoms with van der Waals surface area (Å²) in [6, 6.07) is 3.70. The Kier molecular flexibility index (Phi) is 5.60. The summed E-state index contributed by atoms with van der Waals surface area (Å²) < 4.78 is 27.5. The molecular weight excluding hydrogens is 292 g/mol. The number of hydrogen-bond acceptors (Lipinski definition) is 4. The van der Waals surface area contributed by atoms with Crippen molar-refractivity contribution < 1.29 is 8.42 Å². The Bertz CT molecular complexity index is 525. The molecule has 1 unspecified atom stereocenters. The maximum Gasteiger partial charge on any atom is 0.252 e. The van der Waals surface area contributed by atoms with Gasteiger partial charge in [-0.05, 0) is 57.3 Å². The molecule has 1 aliphatic rings. The molecule has 6 heteroatoms. The van der Waals surface area contributed by atoms with Crippen LogP contribution < -0.4 is 5.32 Å². The quantitative estimate of drug-likeness (QED) is 0.907. The lowest BCUT2D eigenvalue weighted by molar-refractivity contribution is 0.418. The highest BCUT2D eigenvalue weighted by Crippen LogP contribution is 2.28. The van der Waals surface area contributed by atoms with Crippen LogP contribution >= 0.6 is 11.3 Å². The van der Waals surface area contributed by atoms with E-state index in [1.165, 1.54) is 11.3 Å². The highest BCUT2D eigenvalue weighted by atomic mass is 32.2. The van der Waals surface area contributed by atoms with Crippen molar-refractivity contribution in [1.29, 1.82) is 0 Å². The van der Waals surface area contributed by atoms with E-state index in [9.17, 15) is 8.42 Å².